The Morgan fingerprint density at radius 1 is 0.960 bits per heavy atom. The third-order valence-corrected chi connectivity index (χ3v) is 5.51. The Labute approximate surface area is 150 Å². The van der Waals surface area contributed by atoms with Gasteiger partial charge >= 0.3 is 0 Å². The van der Waals surface area contributed by atoms with Crippen molar-refractivity contribution in [3.63, 3.8) is 0 Å². The Morgan fingerprint density at radius 2 is 1.60 bits per heavy atom. The van der Waals surface area contributed by atoms with Gasteiger partial charge in [0.05, 0.1) is 19.1 Å². The van der Waals surface area contributed by atoms with Crippen LogP contribution in [0.2, 0.25) is 0 Å². The molecule has 0 aliphatic carbocycles. The van der Waals surface area contributed by atoms with Gasteiger partial charge in [0.2, 0.25) is 10.0 Å². The van der Waals surface area contributed by atoms with Crippen LogP contribution in [0.4, 0.5) is 0 Å². The van der Waals surface area contributed by atoms with Gasteiger partial charge in [-0.25, -0.2) is 13.1 Å². The van der Waals surface area contributed by atoms with Gasteiger partial charge in [0.15, 0.2) is 0 Å². The topological polar surface area (TPSA) is 64.6 Å². The summed E-state index contributed by atoms with van der Waals surface area (Å²) in [5.74, 6) is 1.48. The van der Waals surface area contributed by atoms with E-state index in [1.807, 2.05) is 39.0 Å². The molecule has 0 bridgehead atoms. The maximum atomic E-state index is 12.6. The summed E-state index contributed by atoms with van der Waals surface area (Å²) in [6, 6.07) is 9.13. The standard InChI is InChI=1S/C19H25NO4S/c1-13-6-7-18(23-4)16(10-13)8-9-20-25(21,22)17-11-14(2)19(24-5)15(3)12-17/h6-7,10-12,20H,8-9H2,1-5H3. The Kier molecular flexibility index (Phi) is 6.08. The van der Waals surface area contributed by atoms with Gasteiger partial charge in [-0.1, -0.05) is 17.7 Å². The van der Waals surface area contributed by atoms with Crippen molar-refractivity contribution in [2.45, 2.75) is 32.1 Å². The quantitative estimate of drug-likeness (QED) is 0.821. The fraction of sp³-hybridized carbons (Fsp3) is 0.368. The first-order chi connectivity index (χ1) is 11.8. The van der Waals surface area contributed by atoms with Gasteiger partial charge in [-0.3, -0.25) is 0 Å². The molecule has 0 saturated heterocycles. The Hall–Kier alpha value is -2.05. The molecule has 6 heteroatoms. The lowest BCUT2D eigenvalue weighted by atomic mass is 10.1. The van der Waals surface area contributed by atoms with Crippen LogP contribution in [-0.2, 0) is 16.4 Å². The van der Waals surface area contributed by atoms with Gasteiger partial charge in [0, 0.05) is 6.54 Å². The maximum absolute atomic E-state index is 12.6. The first kappa shape index (κ1) is 19.3. The van der Waals surface area contributed by atoms with Crippen LogP contribution < -0.4 is 14.2 Å². The highest BCUT2D eigenvalue weighted by atomic mass is 32.2. The molecule has 0 amide bonds. The molecule has 0 aliphatic heterocycles. The Balaban J connectivity index is 2.14. The average molecular weight is 363 g/mol. The maximum Gasteiger partial charge on any atom is 0.240 e. The first-order valence-electron chi connectivity index (χ1n) is 8.07. The van der Waals surface area contributed by atoms with E-state index in [1.54, 1.807) is 26.4 Å². The fourth-order valence-corrected chi connectivity index (χ4v) is 4.10. The fourth-order valence-electron chi connectivity index (χ4n) is 2.89. The van der Waals surface area contributed by atoms with Crippen molar-refractivity contribution in [3.8, 4) is 11.5 Å². The summed E-state index contributed by atoms with van der Waals surface area (Å²) in [4.78, 5) is 0.250. The summed E-state index contributed by atoms with van der Waals surface area (Å²) in [6.45, 7) is 5.97. The second kappa shape index (κ2) is 7.89. The van der Waals surface area contributed by atoms with E-state index in [1.165, 1.54) is 0 Å². The zero-order chi connectivity index (χ0) is 18.6. The molecule has 2 aromatic carbocycles. The lowest BCUT2D eigenvalue weighted by molar-refractivity contribution is 0.408. The van der Waals surface area contributed by atoms with Gasteiger partial charge in [0.25, 0.3) is 0 Å². The van der Waals surface area contributed by atoms with E-state index in [9.17, 15) is 8.42 Å². The second-order valence-electron chi connectivity index (χ2n) is 6.05. The molecule has 0 atom stereocenters. The minimum atomic E-state index is -3.58. The van der Waals surface area contributed by atoms with Crippen molar-refractivity contribution < 1.29 is 17.9 Å². The van der Waals surface area contributed by atoms with Gasteiger partial charge in [0.1, 0.15) is 11.5 Å². The largest absolute Gasteiger partial charge is 0.496 e. The Morgan fingerprint density at radius 3 is 2.16 bits per heavy atom. The highest BCUT2D eigenvalue weighted by Gasteiger charge is 2.17. The summed E-state index contributed by atoms with van der Waals surface area (Å²) in [7, 11) is -0.384. The van der Waals surface area contributed by atoms with Crippen LogP contribution in [0.25, 0.3) is 0 Å². The molecule has 25 heavy (non-hydrogen) atoms. The number of methoxy groups -OCH3 is 2. The number of hydrogen-bond acceptors (Lipinski definition) is 4. The third-order valence-electron chi connectivity index (χ3n) is 4.07. The number of rotatable bonds is 7. The summed E-state index contributed by atoms with van der Waals surface area (Å²) in [5, 5.41) is 0. The van der Waals surface area contributed by atoms with E-state index in [0.29, 0.717) is 18.7 Å². The Bertz CT molecular complexity index is 837. The van der Waals surface area contributed by atoms with E-state index < -0.39 is 10.0 Å². The lowest BCUT2D eigenvalue weighted by Crippen LogP contribution is -2.26. The molecule has 5 nitrogen and oxygen atoms in total. The van der Waals surface area contributed by atoms with E-state index in [0.717, 1.165) is 28.0 Å². The number of hydrogen-bond donors (Lipinski definition) is 1. The second-order valence-corrected chi connectivity index (χ2v) is 7.82. The molecule has 2 aromatic rings. The van der Waals surface area contributed by atoms with Gasteiger partial charge < -0.3 is 9.47 Å². The van der Waals surface area contributed by atoms with Crippen molar-refractivity contribution in [2.24, 2.45) is 0 Å². The summed E-state index contributed by atoms with van der Waals surface area (Å²) < 4.78 is 38.4. The van der Waals surface area contributed by atoms with Crippen LogP contribution in [0, 0.1) is 20.8 Å². The van der Waals surface area contributed by atoms with Crippen molar-refractivity contribution in [2.75, 3.05) is 20.8 Å². The van der Waals surface area contributed by atoms with Crippen LogP contribution in [0.3, 0.4) is 0 Å². The predicted molar refractivity (Wildman–Crippen MR) is 99.1 cm³/mol. The molecule has 0 unspecified atom stereocenters. The molecule has 2 rings (SSSR count). The smallest absolute Gasteiger partial charge is 0.240 e. The molecule has 0 fully saturated rings. The molecule has 0 aliphatic rings. The molecule has 0 heterocycles. The van der Waals surface area contributed by atoms with Gasteiger partial charge in [-0.05, 0) is 62.1 Å². The van der Waals surface area contributed by atoms with Crippen LogP contribution in [0.1, 0.15) is 22.3 Å². The predicted octanol–water partition coefficient (Wildman–Crippen LogP) is 3.15. The zero-order valence-electron chi connectivity index (χ0n) is 15.3. The molecule has 0 spiro atoms. The molecule has 0 aromatic heterocycles. The van der Waals surface area contributed by atoms with Crippen molar-refractivity contribution in [3.05, 3.63) is 52.6 Å². The number of benzene rings is 2. The minimum Gasteiger partial charge on any atom is -0.496 e. The highest BCUT2D eigenvalue weighted by Crippen LogP contribution is 2.26. The molecule has 136 valence electrons. The lowest BCUT2D eigenvalue weighted by Gasteiger charge is -2.13. The minimum absolute atomic E-state index is 0.250. The van der Waals surface area contributed by atoms with Crippen molar-refractivity contribution in [1.29, 1.82) is 0 Å². The van der Waals surface area contributed by atoms with Crippen LogP contribution in [0.5, 0.6) is 11.5 Å². The number of ether oxygens (including phenoxy) is 2. The number of sulfonamides is 1. The van der Waals surface area contributed by atoms with Gasteiger partial charge in [-0.2, -0.15) is 0 Å². The van der Waals surface area contributed by atoms with Crippen LogP contribution in [-0.4, -0.2) is 29.2 Å². The summed E-state index contributed by atoms with van der Waals surface area (Å²) in [6.07, 6.45) is 0.554. The van der Waals surface area contributed by atoms with Gasteiger partial charge in [-0.15, -0.1) is 0 Å². The van der Waals surface area contributed by atoms with Crippen LogP contribution >= 0.6 is 0 Å². The summed E-state index contributed by atoms with van der Waals surface area (Å²) in [5.41, 5.74) is 3.68. The molecule has 1 N–H and O–H groups in total. The number of aryl methyl sites for hydroxylation is 3. The van der Waals surface area contributed by atoms with Crippen molar-refractivity contribution in [1.82, 2.24) is 4.72 Å². The van der Waals surface area contributed by atoms with Crippen LogP contribution in [0.15, 0.2) is 35.2 Å². The van der Waals surface area contributed by atoms with E-state index in [2.05, 4.69) is 4.72 Å². The zero-order valence-corrected chi connectivity index (χ0v) is 16.2. The molecular formula is C19H25NO4S. The monoisotopic (exact) mass is 363 g/mol. The number of nitrogens with one attached hydrogen (secondary N) is 1. The third kappa shape index (κ3) is 4.52. The van der Waals surface area contributed by atoms with Crippen molar-refractivity contribution >= 4 is 10.0 Å². The molecule has 0 saturated carbocycles. The summed E-state index contributed by atoms with van der Waals surface area (Å²) >= 11 is 0. The molecule has 0 radical (unpaired) electrons. The highest BCUT2D eigenvalue weighted by molar-refractivity contribution is 7.89. The molecular weight excluding hydrogens is 338 g/mol. The average Bonchev–Trinajstić information content (AvgIpc) is 2.54. The SMILES string of the molecule is COc1ccc(C)cc1CCNS(=O)(=O)c1cc(C)c(OC)c(C)c1. The normalized spacial score (nSPS) is 11.4. The van der Waals surface area contributed by atoms with E-state index in [-0.39, 0.29) is 4.90 Å². The first-order valence-corrected chi connectivity index (χ1v) is 9.55. The van der Waals surface area contributed by atoms with E-state index in [4.69, 9.17) is 9.47 Å². The van der Waals surface area contributed by atoms with E-state index >= 15 is 0 Å².